The number of imide groups is 2. The minimum atomic E-state index is -4.76. The smallest absolute Gasteiger partial charge is 0.417 e. The molecule has 3 aromatic carbocycles. The number of aromatic nitrogens is 1. The van der Waals surface area contributed by atoms with E-state index in [-0.39, 0.29) is 48.0 Å². The Hall–Kier alpha value is -4.71. The number of hydrogen-bond donors (Lipinski definition) is 2. The molecule has 1 aromatic heterocycles. The number of carbonyl (C=O) groups excluding carboxylic acids is 4. The number of benzene rings is 3. The van der Waals surface area contributed by atoms with Crippen LogP contribution in [0, 0.1) is 27.2 Å². The van der Waals surface area contributed by atoms with E-state index in [2.05, 4.69) is 27.4 Å². The van der Waals surface area contributed by atoms with Crippen LogP contribution >= 0.6 is 45.8 Å². The highest BCUT2D eigenvalue weighted by Crippen LogP contribution is 2.65. The summed E-state index contributed by atoms with van der Waals surface area (Å²) in [4.78, 5) is 67.5. The molecule has 3 saturated heterocycles. The lowest BCUT2D eigenvalue weighted by Gasteiger charge is -2.50. The number of amides is 4. The maximum Gasteiger partial charge on any atom is 0.417 e. The monoisotopic (exact) mass is 999 g/mol. The van der Waals surface area contributed by atoms with E-state index < -0.39 is 63.6 Å². The highest BCUT2D eigenvalue weighted by Gasteiger charge is 2.70. The van der Waals surface area contributed by atoms with Gasteiger partial charge in [-0.05, 0) is 101 Å². The van der Waals surface area contributed by atoms with Crippen LogP contribution in [0.5, 0.6) is 11.5 Å². The number of alkyl halides is 3. The Labute approximate surface area is 378 Å². The number of nitrogens with zero attached hydrogens (tertiary/aromatic N) is 4. The molecule has 4 amide bonds. The number of ether oxygens (including phenoxy) is 1. The van der Waals surface area contributed by atoms with Crippen LogP contribution in [0.2, 0.25) is 10.0 Å². The number of halogens is 6. The number of phenolic OH excluding ortho intramolecular Hbond substituents is 1. The third-order valence-electron chi connectivity index (χ3n) is 13.4. The van der Waals surface area contributed by atoms with E-state index in [0.29, 0.717) is 63.5 Å². The zero-order valence-corrected chi connectivity index (χ0v) is 36.7. The van der Waals surface area contributed by atoms with Crippen molar-refractivity contribution in [2.24, 2.45) is 23.7 Å². The molecular weight excluding hydrogens is 961 g/mol. The second-order valence-electron chi connectivity index (χ2n) is 16.5. The standard InChI is InChI=1S/C45H39Cl2F3IN5O6/c1-62-35-18-24(17-34(51)38(35)57)37-29-11-12-30-36(42(60)55(40(30)58)28-13-15-54(16-14-28)22-23-5-3-2-4-6-23)31(29)20-32-41(59)56(43(61)44(32,37)25-7-9-27(46)10-8-25)53-39-33(47)19-26(21-52-39)45(48,49)50/h2-11,17-19,21,28,30-32,36-37,57H,12-16,20,22H2,1H3,(H,52,53). The zero-order chi connectivity index (χ0) is 43.8. The van der Waals surface area contributed by atoms with Gasteiger partial charge < -0.3 is 9.84 Å². The Morgan fingerprint density at radius 2 is 1.66 bits per heavy atom. The Bertz CT molecular complexity index is 2520. The van der Waals surface area contributed by atoms with Gasteiger partial charge in [0.05, 0.1) is 44.4 Å². The number of aromatic hydroxyl groups is 1. The van der Waals surface area contributed by atoms with Gasteiger partial charge in [0, 0.05) is 42.8 Å². The van der Waals surface area contributed by atoms with Gasteiger partial charge in [0.1, 0.15) is 0 Å². The third-order valence-corrected chi connectivity index (χ3v) is 14.7. The number of nitrogens with one attached hydrogen (secondary N) is 1. The van der Waals surface area contributed by atoms with Gasteiger partial charge in [-0.15, -0.1) is 0 Å². The van der Waals surface area contributed by atoms with Crippen LogP contribution in [0.4, 0.5) is 19.0 Å². The van der Waals surface area contributed by atoms with Crippen molar-refractivity contribution in [3.63, 3.8) is 0 Å². The van der Waals surface area contributed by atoms with Crippen LogP contribution < -0.4 is 10.2 Å². The molecule has 4 aromatic rings. The average Bonchev–Trinajstić information content (AvgIpc) is 3.63. The third kappa shape index (κ3) is 6.94. The molecule has 62 heavy (non-hydrogen) atoms. The van der Waals surface area contributed by atoms with Gasteiger partial charge in [0.15, 0.2) is 17.3 Å². The molecule has 0 spiro atoms. The Morgan fingerprint density at radius 3 is 2.32 bits per heavy atom. The first kappa shape index (κ1) is 42.6. The molecule has 6 unspecified atom stereocenters. The normalized spacial score (nSPS) is 26.6. The lowest BCUT2D eigenvalue weighted by atomic mass is 9.49. The van der Waals surface area contributed by atoms with Crippen LogP contribution in [0.1, 0.15) is 53.9 Å². The van der Waals surface area contributed by atoms with Crippen molar-refractivity contribution in [2.45, 2.75) is 55.8 Å². The highest BCUT2D eigenvalue weighted by atomic mass is 127. The van der Waals surface area contributed by atoms with Crippen LogP contribution in [0.15, 0.2) is 90.6 Å². The molecule has 3 aliphatic heterocycles. The van der Waals surface area contributed by atoms with Crippen molar-refractivity contribution in [2.75, 3.05) is 25.6 Å². The van der Waals surface area contributed by atoms with Crippen LogP contribution in [-0.2, 0) is 37.3 Å². The van der Waals surface area contributed by atoms with Crippen molar-refractivity contribution in [1.82, 2.24) is 19.8 Å². The van der Waals surface area contributed by atoms with Gasteiger partial charge >= 0.3 is 6.18 Å². The van der Waals surface area contributed by atoms with E-state index in [1.54, 1.807) is 36.4 Å². The molecule has 0 radical (unpaired) electrons. The van der Waals surface area contributed by atoms with Crippen molar-refractivity contribution in [1.29, 1.82) is 0 Å². The quantitative estimate of drug-likeness (QED) is 0.102. The maximum atomic E-state index is 15.5. The lowest BCUT2D eigenvalue weighted by Crippen LogP contribution is -2.53. The molecule has 9 rings (SSSR count). The summed E-state index contributed by atoms with van der Waals surface area (Å²) < 4.78 is 46.8. The zero-order valence-electron chi connectivity index (χ0n) is 33.0. The van der Waals surface area contributed by atoms with Gasteiger partial charge in [-0.25, -0.2) is 4.98 Å². The van der Waals surface area contributed by atoms with Gasteiger partial charge in [0.25, 0.3) is 11.8 Å². The molecule has 5 aliphatic rings. The van der Waals surface area contributed by atoms with E-state index in [4.69, 9.17) is 27.9 Å². The van der Waals surface area contributed by atoms with Crippen molar-refractivity contribution < 1.29 is 42.2 Å². The Balaban J connectivity index is 1.13. The molecule has 2 aliphatic carbocycles. The van der Waals surface area contributed by atoms with Gasteiger partial charge in [-0.1, -0.05) is 77.3 Å². The number of allylic oxidation sites excluding steroid dienone is 2. The molecule has 322 valence electrons. The molecule has 4 fully saturated rings. The highest BCUT2D eigenvalue weighted by molar-refractivity contribution is 14.1. The number of hydrazine groups is 1. The number of likely N-dealkylation sites (tertiary alicyclic amines) is 2. The van der Waals surface area contributed by atoms with Crippen molar-refractivity contribution in [3.8, 4) is 11.5 Å². The first-order valence-electron chi connectivity index (χ1n) is 20.2. The molecular formula is C45H39Cl2F3IN5O6. The number of pyridine rings is 1. The van der Waals surface area contributed by atoms with Crippen molar-refractivity contribution >= 4 is 75.2 Å². The maximum absolute atomic E-state index is 15.5. The number of rotatable bonds is 8. The second-order valence-corrected chi connectivity index (χ2v) is 18.5. The van der Waals surface area contributed by atoms with E-state index >= 15 is 9.59 Å². The van der Waals surface area contributed by atoms with E-state index in [1.807, 2.05) is 46.9 Å². The molecule has 11 nitrogen and oxygen atoms in total. The summed E-state index contributed by atoms with van der Waals surface area (Å²) in [5, 5.41) is 11.6. The largest absolute Gasteiger partial charge is 0.504 e. The fraction of sp³-hybridized carbons (Fsp3) is 0.356. The number of phenols is 1. The molecule has 6 atom stereocenters. The number of carbonyl (C=O) groups is 4. The summed E-state index contributed by atoms with van der Waals surface area (Å²) in [6.07, 6.45) is -0.861. The molecule has 17 heteroatoms. The van der Waals surface area contributed by atoms with Gasteiger partial charge in [-0.2, -0.15) is 18.2 Å². The minimum absolute atomic E-state index is 0.0161. The number of anilines is 1. The molecule has 0 bridgehead atoms. The SMILES string of the molecule is COc1cc(C2C3=CCC4C(=O)N(C5CCN(Cc6ccccc6)CC5)C(=O)C4C3CC3C(=O)N(Nc4ncc(C(F)(F)F)cc4Cl)C(=O)C32c2ccc(Cl)cc2)cc(I)c1O. The number of hydrogen-bond acceptors (Lipinski definition) is 9. The van der Waals surface area contributed by atoms with E-state index in [0.717, 1.165) is 11.6 Å². The summed E-state index contributed by atoms with van der Waals surface area (Å²) in [5.74, 6) is -6.77. The average molecular weight is 1000 g/mol. The molecule has 1 saturated carbocycles. The number of methoxy groups -OCH3 is 1. The topological polar surface area (TPSA) is 132 Å². The van der Waals surface area contributed by atoms with Gasteiger partial charge in [-0.3, -0.25) is 34.4 Å². The second kappa shape index (κ2) is 16.1. The van der Waals surface area contributed by atoms with Crippen LogP contribution in [0.25, 0.3) is 0 Å². The fourth-order valence-corrected chi connectivity index (χ4v) is 11.6. The van der Waals surface area contributed by atoms with E-state index in [1.165, 1.54) is 17.6 Å². The van der Waals surface area contributed by atoms with E-state index in [9.17, 15) is 27.9 Å². The summed E-state index contributed by atoms with van der Waals surface area (Å²) in [6.45, 7) is 2.16. The summed E-state index contributed by atoms with van der Waals surface area (Å²) in [7, 11) is 1.39. The molecule has 2 N–H and O–H groups in total. The predicted octanol–water partition coefficient (Wildman–Crippen LogP) is 8.38. The number of fused-ring (bicyclic) bond motifs is 4. The first-order valence-corrected chi connectivity index (χ1v) is 22.0. The Kier molecular flexibility index (Phi) is 11.1. The fourth-order valence-electron chi connectivity index (χ4n) is 10.6. The molecule has 4 heterocycles. The lowest BCUT2D eigenvalue weighted by molar-refractivity contribution is -0.144. The summed E-state index contributed by atoms with van der Waals surface area (Å²) in [5.41, 5.74) is 2.54. The van der Waals surface area contributed by atoms with Crippen LogP contribution in [0.3, 0.4) is 0 Å². The predicted molar refractivity (Wildman–Crippen MR) is 231 cm³/mol. The summed E-state index contributed by atoms with van der Waals surface area (Å²) in [6, 6.07) is 20.3. The minimum Gasteiger partial charge on any atom is -0.504 e. The first-order chi connectivity index (χ1) is 29.6. The van der Waals surface area contributed by atoms with Gasteiger partial charge in [0.2, 0.25) is 11.8 Å². The van der Waals surface area contributed by atoms with Crippen LogP contribution in [-0.4, -0.2) is 74.8 Å². The Morgan fingerprint density at radius 1 is 0.952 bits per heavy atom. The number of piperidine rings is 1. The summed E-state index contributed by atoms with van der Waals surface area (Å²) >= 11 is 14.7. The van der Waals surface area contributed by atoms with Crippen molar-refractivity contribution in [3.05, 3.63) is 127 Å².